The Morgan fingerprint density at radius 3 is 2.35 bits per heavy atom. The van der Waals surface area contributed by atoms with Crippen molar-refractivity contribution in [2.45, 2.75) is 51.7 Å². The Labute approximate surface area is 103 Å². The van der Waals surface area contributed by atoms with E-state index in [1.165, 1.54) is 0 Å². The van der Waals surface area contributed by atoms with Gasteiger partial charge in [-0.1, -0.05) is 0 Å². The standard InChI is InChI=1S/C12H23N3O2/c1-8(2)15(4)11(16)7-13-9(3)12(17)14-10-5-6-10/h8-10,13H,5-7H2,1-4H3,(H,14,17). The number of carbonyl (C=O) groups is 2. The van der Waals surface area contributed by atoms with Gasteiger partial charge >= 0.3 is 0 Å². The summed E-state index contributed by atoms with van der Waals surface area (Å²) in [6.45, 7) is 5.90. The molecule has 2 amide bonds. The highest BCUT2D eigenvalue weighted by Gasteiger charge is 2.25. The molecule has 0 spiro atoms. The van der Waals surface area contributed by atoms with Crippen LogP contribution in [0.15, 0.2) is 0 Å². The summed E-state index contributed by atoms with van der Waals surface area (Å²) in [6.07, 6.45) is 2.15. The summed E-state index contributed by atoms with van der Waals surface area (Å²) in [5, 5.41) is 5.85. The zero-order valence-electron chi connectivity index (χ0n) is 11.1. The van der Waals surface area contributed by atoms with Crippen molar-refractivity contribution in [3.05, 3.63) is 0 Å². The fraction of sp³-hybridized carbons (Fsp3) is 0.833. The Hall–Kier alpha value is -1.10. The monoisotopic (exact) mass is 241 g/mol. The third-order valence-electron chi connectivity index (χ3n) is 3.04. The fourth-order valence-electron chi connectivity index (χ4n) is 1.30. The van der Waals surface area contributed by atoms with Crippen LogP contribution in [0.1, 0.15) is 33.6 Å². The Kier molecular flexibility index (Phi) is 4.93. The quantitative estimate of drug-likeness (QED) is 0.694. The second-order valence-corrected chi connectivity index (χ2v) is 4.98. The first-order chi connectivity index (χ1) is 7.91. The van der Waals surface area contributed by atoms with Crippen molar-refractivity contribution in [1.82, 2.24) is 15.5 Å². The molecule has 0 saturated heterocycles. The van der Waals surface area contributed by atoms with Crippen LogP contribution in [-0.4, -0.2) is 48.4 Å². The number of hydrogen-bond acceptors (Lipinski definition) is 3. The topological polar surface area (TPSA) is 61.4 Å². The van der Waals surface area contributed by atoms with E-state index in [4.69, 9.17) is 0 Å². The van der Waals surface area contributed by atoms with Crippen LogP contribution in [0.4, 0.5) is 0 Å². The van der Waals surface area contributed by atoms with Gasteiger partial charge in [0.1, 0.15) is 0 Å². The van der Waals surface area contributed by atoms with Crippen LogP contribution in [0.25, 0.3) is 0 Å². The Bertz CT molecular complexity index is 287. The van der Waals surface area contributed by atoms with E-state index in [0.29, 0.717) is 6.04 Å². The number of amides is 2. The molecular formula is C12H23N3O2. The van der Waals surface area contributed by atoms with Gasteiger partial charge in [0.05, 0.1) is 12.6 Å². The van der Waals surface area contributed by atoms with E-state index < -0.39 is 0 Å². The summed E-state index contributed by atoms with van der Waals surface area (Å²) < 4.78 is 0. The summed E-state index contributed by atoms with van der Waals surface area (Å²) in [6, 6.07) is 0.223. The van der Waals surface area contributed by atoms with Crippen LogP contribution >= 0.6 is 0 Å². The van der Waals surface area contributed by atoms with Gasteiger partial charge in [0.15, 0.2) is 0 Å². The maximum Gasteiger partial charge on any atom is 0.237 e. The number of nitrogens with zero attached hydrogens (tertiary/aromatic N) is 1. The number of nitrogens with one attached hydrogen (secondary N) is 2. The molecule has 1 rings (SSSR count). The summed E-state index contributed by atoms with van der Waals surface area (Å²) >= 11 is 0. The zero-order valence-corrected chi connectivity index (χ0v) is 11.1. The van der Waals surface area contributed by atoms with Crippen molar-refractivity contribution in [2.24, 2.45) is 0 Å². The Morgan fingerprint density at radius 2 is 1.88 bits per heavy atom. The lowest BCUT2D eigenvalue weighted by molar-refractivity contribution is -0.130. The molecule has 1 atom stereocenters. The smallest absolute Gasteiger partial charge is 0.237 e. The minimum absolute atomic E-state index is 0.00562. The molecule has 1 unspecified atom stereocenters. The number of hydrogen-bond donors (Lipinski definition) is 2. The predicted octanol–water partition coefficient (Wildman–Crippen LogP) is 0.110. The van der Waals surface area contributed by atoms with Gasteiger partial charge in [-0.2, -0.15) is 0 Å². The molecule has 2 N–H and O–H groups in total. The average molecular weight is 241 g/mol. The van der Waals surface area contributed by atoms with Crippen molar-refractivity contribution in [2.75, 3.05) is 13.6 Å². The molecule has 1 aliphatic carbocycles. The first-order valence-corrected chi connectivity index (χ1v) is 6.21. The lowest BCUT2D eigenvalue weighted by Crippen LogP contribution is -2.47. The molecule has 1 fully saturated rings. The number of carbonyl (C=O) groups excluding carboxylic acids is 2. The molecule has 17 heavy (non-hydrogen) atoms. The Morgan fingerprint density at radius 1 is 1.29 bits per heavy atom. The first kappa shape index (κ1) is 14.0. The minimum atomic E-state index is -0.319. The first-order valence-electron chi connectivity index (χ1n) is 6.21. The summed E-state index contributed by atoms with van der Waals surface area (Å²) in [5.74, 6) is -0.0152. The van der Waals surface area contributed by atoms with Gasteiger partial charge < -0.3 is 10.2 Å². The summed E-state index contributed by atoms with van der Waals surface area (Å²) in [5.41, 5.74) is 0. The molecule has 98 valence electrons. The lowest BCUT2D eigenvalue weighted by Gasteiger charge is -2.22. The molecule has 1 aliphatic rings. The van der Waals surface area contributed by atoms with E-state index in [9.17, 15) is 9.59 Å². The van der Waals surface area contributed by atoms with E-state index in [-0.39, 0.29) is 30.4 Å². The van der Waals surface area contributed by atoms with Crippen LogP contribution in [0.5, 0.6) is 0 Å². The third-order valence-corrected chi connectivity index (χ3v) is 3.04. The molecule has 1 saturated carbocycles. The molecule has 0 heterocycles. The molecule has 0 bridgehead atoms. The second-order valence-electron chi connectivity index (χ2n) is 4.98. The second kappa shape index (κ2) is 6.00. The van der Waals surface area contributed by atoms with E-state index in [1.807, 2.05) is 13.8 Å². The maximum atomic E-state index is 11.7. The van der Waals surface area contributed by atoms with Gasteiger partial charge in [-0.05, 0) is 33.6 Å². The van der Waals surface area contributed by atoms with Gasteiger partial charge in [0, 0.05) is 19.1 Å². The fourth-order valence-corrected chi connectivity index (χ4v) is 1.30. The van der Waals surface area contributed by atoms with Crippen molar-refractivity contribution in [3.8, 4) is 0 Å². The normalized spacial score (nSPS) is 16.8. The maximum absolute atomic E-state index is 11.7. The molecular weight excluding hydrogens is 218 g/mol. The molecule has 5 heteroatoms. The molecule has 0 aromatic carbocycles. The highest BCUT2D eigenvalue weighted by atomic mass is 16.2. The average Bonchev–Trinajstić information content (AvgIpc) is 3.07. The number of rotatable bonds is 6. The molecule has 0 aromatic heterocycles. The van der Waals surface area contributed by atoms with Crippen LogP contribution in [0.3, 0.4) is 0 Å². The zero-order chi connectivity index (χ0) is 13.0. The molecule has 0 radical (unpaired) electrons. The van der Waals surface area contributed by atoms with Crippen LogP contribution < -0.4 is 10.6 Å². The van der Waals surface area contributed by atoms with Crippen LogP contribution in [0.2, 0.25) is 0 Å². The third kappa shape index (κ3) is 4.73. The minimum Gasteiger partial charge on any atom is -0.352 e. The van der Waals surface area contributed by atoms with Crippen molar-refractivity contribution in [1.29, 1.82) is 0 Å². The highest BCUT2D eigenvalue weighted by molar-refractivity contribution is 5.83. The summed E-state index contributed by atoms with van der Waals surface area (Å²) in [4.78, 5) is 25.0. The van der Waals surface area contributed by atoms with Crippen molar-refractivity contribution in [3.63, 3.8) is 0 Å². The van der Waals surface area contributed by atoms with Crippen LogP contribution in [-0.2, 0) is 9.59 Å². The van der Waals surface area contributed by atoms with Gasteiger partial charge in [0.25, 0.3) is 0 Å². The van der Waals surface area contributed by atoms with Crippen molar-refractivity contribution < 1.29 is 9.59 Å². The van der Waals surface area contributed by atoms with Gasteiger partial charge in [-0.15, -0.1) is 0 Å². The highest BCUT2D eigenvalue weighted by Crippen LogP contribution is 2.18. The van der Waals surface area contributed by atoms with Crippen LogP contribution in [0, 0.1) is 0 Å². The molecule has 5 nitrogen and oxygen atoms in total. The lowest BCUT2D eigenvalue weighted by atomic mass is 10.3. The van der Waals surface area contributed by atoms with E-state index in [0.717, 1.165) is 12.8 Å². The van der Waals surface area contributed by atoms with E-state index >= 15 is 0 Å². The van der Waals surface area contributed by atoms with E-state index in [2.05, 4.69) is 10.6 Å². The largest absolute Gasteiger partial charge is 0.352 e. The molecule has 0 aliphatic heterocycles. The van der Waals surface area contributed by atoms with Gasteiger partial charge in [-0.3, -0.25) is 14.9 Å². The Balaban J connectivity index is 2.24. The summed E-state index contributed by atoms with van der Waals surface area (Å²) in [7, 11) is 1.77. The predicted molar refractivity (Wildman–Crippen MR) is 66.5 cm³/mol. The molecule has 0 aromatic rings. The SMILES string of the molecule is CC(NCC(=O)N(C)C(C)C)C(=O)NC1CC1. The van der Waals surface area contributed by atoms with E-state index in [1.54, 1.807) is 18.9 Å². The van der Waals surface area contributed by atoms with Gasteiger partial charge in [-0.25, -0.2) is 0 Å². The number of likely N-dealkylation sites (N-methyl/N-ethyl adjacent to an activating group) is 1. The van der Waals surface area contributed by atoms with Gasteiger partial charge in [0.2, 0.25) is 11.8 Å². The van der Waals surface area contributed by atoms with Crippen molar-refractivity contribution >= 4 is 11.8 Å².